The average Bonchev–Trinajstić information content (AvgIpc) is 2.52. The summed E-state index contributed by atoms with van der Waals surface area (Å²) in [5.74, 6) is -0.0479. The summed E-state index contributed by atoms with van der Waals surface area (Å²) in [7, 11) is 1.66. The van der Waals surface area contributed by atoms with Crippen LogP contribution >= 0.6 is 0 Å². The van der Waals surface area contributed by atoms with Crippen molar-refractivity contribution in [3.8, 4) is 0 Å². The largest absolute Gasteiger partial charge is 0.335 e. The molecule has 1 aromatic rings. The van der Waals surface area contributed by atoms with Gasteiger partial charge in [0.2, 0.25) is 11.8 Å². The van der Waals surface area contributed by atoms with Crippen molar-refractivity contribution in [1.29, 1.82) is 0 Å². The molecule has 0 aliphatic carbocycles. The Morgan fingerprint density at radius 1 is 1.05 bits per heavy atom. The van der Waals surface area contributed by atoms with Crippen molar-refractivity contribution in [1.82, 2.24) is 10.2 Å². The Morgan fingerprint density at radius 3 is 2.48 bits per heavy atom. The maximum atomic E-state index is 12.1. The number of likely N-dealkylation sites (N-methyl/N-ethyl adjacent to an activating group) is 1. The number of carbonyl (C=O) groups excluding carboxylic acids is 2. The molecule has 2 aliphatic rings. The molecule has 1 unspecified atom stereocenters. The molecule has 2 heterocycles. The second-order valence-electron chi connectivity index (χ2n) is 5.82. The molecule has 3 rings (SSSR count). The summed E-state index contributed by atoms with van der Waals surface area (Å²) in [5.41, 5.74) is 2.06. The van der Waals surface area contributed by atoms with Crippen LogP contribution in [0.15, 0.2) is 24.3 Å². The Balaban J connectivity index is 1.74. The topological polar surface area (TPSA) is 52.7 Å². The van der Waals surface area contributed by atoms with E-state index >= 15 is 0 Å². The molecule has 21 heavy (non-hydrogen) atoms. The lowest BCUT2D eigenvalue weighted by molar-refractivity contribution is -0.136. The number of piperidine rings is 1. The van der Waals surface area contributed by atoms with E-state index in [-0.39, 0.29) is 24.9 Å². The Bertz CT molecular complexity index is 535. The number of carbonyl (C=O) groups is 2. The fraction of sp³-hybridized carbons (Fsp3) is 0.500. The van der Waals surface area contributed by atoms with Gasteiger partial charge in [-0.15, -0.1) is 0 Å². The Hall–Kier alpha value is -1.88. The first-order valence-corrected chi connectivity index (χ1v) is 7.53. The zero-order chi connectivity index (χ0) is 14.8. The van der Waals surface area contributed by atoms with Gasteiger partial charge in [-0.1, -0.05) is 18.6 Å². The van der Waals surface area contributed by atoms with Gasteiger partial charge in [-0.3, -0.25) is 9.59 Å². The second-order valence-corrected chi connectivity index (χ2v) is 5.82. The van der Waals surface area contributed by atoms with Crippen molar-refractivity contribution in [2.24, 2.45) is 0 Å². The first kappa shape index (κ1) is 14.1. The molecule has 2 aliphatic heterocycles. The predicted molar refractivity (Wildman–Crippen MR) is 81.0 cm³/mol. The number of anilines is 1. The molecule has 2 fully saturated rings. The molecule has 5 nitrogen and oxygen atoms in total. The third-order valence-electron chi connectivity index (χ3n) is 4.31. The van der Waals surface area contributed by atoms with Crippen LogP contribution in [0.2, 0.25) is 0 Å². The molecule has 112 valence electrons. The first-order chi connectivity index (χ1) is 10.1. The Labute approximate surface area is 124 Å². The van der Waals surface area contributed by atoms with E-state index < -0.39 is 0 Å². The lowest BCUT2D eigenvalue weighted by Crippen LogP contribution is -2.52. The number of piperazine rings is 1. The zero-order valence-corrected chi connectivity index (χ0v) is 12.3. The number of nitrogens with zero attached hydrogens (tertiary/aromatic N) is 2. The van der Waals surface area contributed by atoms with Gasteiger partial charge in [-0.25, -0.2) is 0 Å². The van der Waals surface area contributed by atoms with E-state index in [1.165, 1.54) is 23.3 Å². The van der Waals surface area contributed by atoms with Gasteiger partial charge in [-0.05, 0) is 37.1 Å². The van der Waals surface area contributed by atoms with Gasteiger partial charge in [0.15, 0.2) is 0 Å². The summed E-state index contributed by atoms with van der Waals surface area (Å²) >= 11 is 0. The minimum atomic E-state index is -0.0272. The van der Waals surface area contributed by atoms with Crippen LogP contribution in [-0.2, 0) is 9.59 Å². The second kappa shape index (κ2) is 5.85. The van der Waals surface area contributed by atoms with Crippen molar-refractivity contribution in [2.75, 3.05) is 31.6 Å². The lowest BCUT2D eigenvalue weighted by Gasteiger charge is -2.32. The van der Waals surface area contributed by atoms with Crippen molar-refractivity contribution >= 4 is 17.5 Å². The SMILES string of the molecule is CN1CC(=O)N(c2ccc(C3CCCCN3)cc2)CC1=O. The number of benzene rings is 1. The maximum absolute atomic E-state index is 12.1. The molecule has 0 aromatic heterocycles. The quantitative estimate of drug-likeness (QED) is 0.892. The lowest BCUT2D eigenvalue weighted by atomic mass is 9.97. The Kier molecular flexibility index (Phi) is 3.92. The van der Waals surface area contributed by atoms with Gasteiger partial charge >= 0.3 is 0 Å². The summed E-state index contributed by atoms with van der Waals surface area (Å²) in [6.45, 7) is 1.36. The van der Waals surface area contributed by atoms with E-state index in [0.717, 1.165) is 18.7 Å². The number of hydrogen-bond donors (Lipinski definition) is 1. The van der Waals surface area contributed by atoms with Crippen LogP contribution in [0.1, 0.15) is 30.9 Å². The number of hydrogen-bond acceptors (Lipinski definition) is 3. The summed E-state index contributed by atoms with van der Waals surface area (Å²) in [6.07, 6.45) is 3.66. The minimum absolute atomic E-state index is 0.0207. The first-order valence-electron chi connectivity index (χ1n) is 7.53. The van der Waals surface area contributed by atoms with Crippen LogP contribution in [0.4, 0.5) is 5.69 Å². The predicted octanol–water partition coefficient (Wildman–Crippen LogP) is 1.31. The van der Waals surface area contributed by atoms with Gasteiger partial charge < -0.3 is 15.1 Å². The molecule has 2 saturated heterocycles. The molecule has 1 N–H and O–H groups in total. The van der Waals surface area contributed by atoms with E-state index in [9.17, 15) is 9.59 Å². The van der Waals surface area contributed by atoms with Crippen LogP contribution in [0, 0.1) is 0 Å². The Morgan fingerprint density at radius 2 is 1.81 bits per heavy atom. The van der Waals surface area contributed by atoms with Crippen molar-refractivity contribution in [3.63, 3.8) is 0 Å². The summed E-state index contributed by atoms with van der Waals surface area (Å²) in [5, 5.41) is 3.51. The molecule has 0 saturated carbocycles. The van der Waals surface area contributed by atoms with E-state index in [1.54, 1.807) is 11.9 Å². The highest BCUT2D eigenvalue weighted by Crippen LogP contribution is 2.25. The smallest absolute Gasteiger partial charge is 0.247 e. The minimum Gasteiger partial charge on any atom is -0.335 e. The van der Waals surface area contributed by atoms with E-state index in [4.69, 9.17) is 0 Å². The highest BCUT2D eigenvalue weighted by Gasteiger charge is 2.28. The van der Waals surface area contributed by atoms with Crippen LogP contribution in [-0.4, -0.2) is 43.4 Å². The molecule has 0 spiro atoms. The van der Waals surface area contributed by atoms with Crippen LogP contribution in [0.5, 0.6) is 0 Å². The standard InChI is InChI=1S/C16H21N3O2/c1-18-10-16(21)19(11-15(18)20)13-7-5-12(6-8-13)14-4-2-3-9-17-14/h5-8,14,17H,2-4,9-11H2,1H3. The summed E-state index contributed by atoms with van der Waals surface area (Å²) in [4.78, 5) is 26.9. The molecular formula is C16H21N3O2. The molecule has 5 heteroatoms. The van der Waals surface area contributed by atoms with Crippen LogP contribution < -0.4 is 10.2 Å². The third-order valence-corrected chi connectivity index (χ3v) is 4.31. The van der Waals surface area contributed by atoms with E-state index in [2.05, 4.69) is 17.4 Å². The fourth-order valence-corrected chi connectivity index (χ4v) is 2.98. The maximum Gasteiger partial charge on any atom is 0.247 e. The normalized spacial score (nSPS) is 23.6. The van der Waals surface area contributed by atoms with Crippen molar-refractivity contribution < 1.29 is 9.59 Å². The molecule has 1 atom stereocenters. The number of amides is 2. The van der Waals surface area contributed by atoms with Gasteiger partial charge in [0.25, 0.3) is 0 Å². The average molecular weight is 287 g/mol. The van der Waals surface area contributed by atoms with Crippen molar-refractivity contribution in [2.45, 2.75) is 25.3 Å². The fourth-order valence-electron chi connectivity index (χ4n) is 2.98. The van der Waals surface area contributed by atoms with Crippen LogP contribution in [0.25, 0.3) is 0 Å². The monoisotopic (exact) mass is 287 g/mol. The zero-order valence-electron chi connectivity index (χ0n) is 12.3. The van der Waals surface area contributed by atoms with E-state index in [1.807, 2.05) is 12.1 Å². The van der Waals surface area contributed by atoms with Gasteiger partial charge in [-0.2, -0.15) is 0 Å². The molecule has 0 bridgehead atoms. The summed E-state index contributed by atoms with van der Waals surface area (Å²) < 4.78 is 0. The van der Waals surface area contributed by atoms with Crippen molar-refractivity contribution in [3.05, 3.63) is 29.8 Å². The van der Waals surface area contributed by atoms with Crippen LogP contribution in [0.3, 0.4) is 0 Å². The highest BCUT2D eigenvalue weighted by atomic mass is 16.2. The molecular weight excluding hydrogens is 266 g/mol. The van der Waals surface area contributed by atoms with E-state index in [0.29, 0.717) is 6.04 Å². The van der Waals surface area contributed by atoms with Gasteiger partial charge in [0.1, 0.15) is 6.54 Å². The number of rotatable bonds is 2. The molecule has 0 radical (unpaired) electrons. The third kappa shape index (κ3) is 2.93. The number of nitrogens with one attached hydrogen (secondary N) is 1. The summed E-state index contributed by atoms with van der Waals surface area (Å²) in [6, 6.07) is 8.44. The van der Waals surface area contributed by atoms with Gasteiger partial charge in [0, 0.05) is 18.8 Å². The molecule has 2 amide bonds. The van der Waals surface area contributed by atoms with Gasteiger partial charge in [0.05, 0.1) is 6.54 Å². The highest BCUT2D eigenvalue weighted by molar-refractivity contribution is 6.04. The molecule has 1 aromatic carbocycles.